The van der Waals surface area contributed by atoms with Crippen molar-refractivity contribution >= 4 is 5.91 Å². The van der Waals surface area contributed by atoms with Crippen molar-refractivity contribution in [2.75, 3.05) is 0 Å². The van der Waals surface area contributed by atoms with E-state index in [1.807, 2.05) is 0 Å². The highest BCUT2D eigenvalue weighted by atomic mass is 16.2. The van der Waals surface area contributed by atoms with Crippen LogP contribution in [0.15, 0.2) is 21.9 Å². The number of H-pyrrole nitrogens is 1. The molecule has 0 aliphatic heterocycles. The molecule has 4 bridgehead atoms. The van der Waals surface area contributed by atoms with Gasteiger partial charge in [-0.15, -0.1) is 0 Å². The molecule has 136 valence electrons. The van der Waals surface area contributed by atoms with E-state index in [0.29, 0.717) is 0 Å². The van der Waals surface area contributed by atoms with Crippen molar-refractivity contribution in [3.63, 3.8) is 0 Å². The van der Waals surface area contributed by atoms with Gasteiger partial charge in [-0.1, -0.05) is 6.92 Å². The van der Waals surface area contributed by atoms with Gasteiger partial charge < -0.3 is 5.32 Å². The van der Waals surface area contributed by atoms with E-state index in [1.54, 1.807) is 0 Å². The molecule has 1 unspecified atom stereocenters. The molecule has 0 saturated heterocycles. The lowest BCUT2D eigenvalue weighted by molar-refractivity contribution is -0.127. The van der Waals surface area contributed by atoms with Crippen molar-refractivity contribution in [3.05, 3.63) is 33.1 Å². The quantitative estimate of drug-likeness (QED) is 0.851. The number of nitrogens with one attached hydrogen (secondary N) is 2. The average Bonchev–Trinajstić information content (AvgIpc) is 2.54. The first-order valence-corrected chi connectivity index (χ1v) is 9.56. The number of rotatable bonds is 5. The summed E-state index contributed by atoms with van der Waals surface area (Å²) in [5.74, 6) is 2.40. The molecular formula is C19H27N3O3. The molecule has 4 aliphatic carbocycles. The molecule has 4 saturated carbocycles. The first-order valence-electron chi connectivity index (χ1n) is 9.56. The molecule has 2 N–H and O–H groups in total. The van der Waals surface area contributed by atoms with E-state index in [-0.39, 0.29) is 23.9 Å². The van der Waals surface area contributed by atoms with Gasteiger partial charge in [-0.3, -0.25) is 19.1 Å². The van der Waals surface area contributed by atoms with E-state index in [0.717, 1.165) is 24.2 Å². The second-order valence-electron chi connectivity index (χ2n) is 8.55. The summed E-state index contributed by atoms with van der Waals surface area (Å²) in [6.07, 6.45) is 10.2. The van der Waals surface area contributed by atoms with Gasteiger partial charge in [-0.25, -0.2) is 4.79 Å². The second kappa shape index (κ2) is 6.15. The lowest BCUT2D eigenvalue weighted by Gasteiger charge is -2.59. The highest BCUT2D eigenvalue weighted by Gasteiger charge is 2.53. The summed E-state index contributed by atoms with van der Waals surface area (Å²) in [7, 11) is 0. The lowest BCUT2D eigenvalue weighted by atomic mass is 9.47. The van der Waals surface area contributed by atoms with E-state index in [4.69, 9.17) is 0 Å². The summed E-state index contributed by atoms with van der Waals surface area (Å²) < 4.78 is 1.25. The maximum Gasteiger partial charge on any atom is 0.328 e. The topological polar surface area (TPSA) is 84.0 Å². The second-order valence-corrected chi connectivity index (χ2v) is 8.55. The number of hydrogen-bond acceptors (Lipinski definition) is 3. The molecule has 1 aromatic rings. The van der Waals surface area contributed by atoms with E-state index in [1.165, 1.54) is 55.4 Å². The van der Waals surface area contributed by atoms with Crippen LogP contribution in [0, 0.1) is 23.2 Å². The van der Waals surface area contributed by atoms with Crippen molar-refractivity contribution in [1.82, 2.24) is 14.9 Å². The zero-order valence-corrected chi connectivity index (χ0v) is 14.8. The Labute approximate surface area is 147 Å². The Balaban J connectivity index is 1.47. The molecule has 1 aromatic heterocycles. The van der Waals surface area contributed by atoms with Gasteiger partial charge in [0.25, 0.3) is 5.56 Å². The third kappa shape index (κ3) is 3.07. The fourth-order valence-corrected chi connectivity index (χ4v) is 6.26. The largest absolute Gasteiger partial charge is 0.351 e. The van der Waals surface area contributed by atoms with Gasteiger partial charge in [-0.05, 0) is 68.1 Å². The van der Waals surface area contributed by atoms with Crippen LogP contribution in [0.25, 0.3) is 0 Å². The number of carbonyl (C=O) groups excluding carboxylic acids is 1. The monoisotopic (exact) mass is 345 g/mol. The first-order chi connectivity index (χ1) is 12.0. The fourth-order valence-electron chi connectivity index (χ4n) is 6.26. The molecule has 6 nitrogen and oxygen atoms in total. The van der Waals surface area contributed by atoms with E-state index < -0.39 is 11.2 Å². The summed E-state index contributed by atoms with van der Waals surface area (Å²) in [5.41, 5.74) is -0.720. The predicted octanol–water partition coefficient (Wildman–Crippen LogP) is 1.65. The Bertz CT molecular complexity index is 743. The van der Waals surface area contributed by atoms with Crippen LogP contribution in [0.4, 0.5) is 0 Å². The zero-order chi connectivity index (χ0) is 17.6. The van der Waals surface area contributed by atoms with E-state index >= 15 is 0 Å². The Kier molecular flexibility index (Phi) is 4.08. The van der Waals surface area contributed by atoms with Crippen LogP contribution in [0.1, 0.15) is 51.9 Å². The van der Waals surface area contributed by atoms with Crippen LogP contribution >= 0.6 is 0 Å². The third-order valence-corrected chi connectivity index (χ3v) is 6.78. The number of nitrogens with zero attached hydrogens (tertiary/aromatic N) is 1. The minimum Gasteiger partial charge on any atom is -0.351 e. The molecule has 25 heavy (non-hydrogen) atoms. The molecule has 6 heteroatoms. The van der Waals surface area contributed by atoms with Crippen molar-refractivity contribution in [2.24, 2.45) is 23.2 Å². The Hall–Kier alpha value is -1.85. The van der Waals surface area contributed by atoms with Gasteiger partial charge in [0.15, 0.2) is 0 Å². The summed E-state index contributed by atoms with van der Waals surface area (Å²) >= 11 is 0. The number of amides is 1. The fraction of sp³-hybridized carbons (Fsp3) is 0.737. The Morgan fingerprint density at radius 1 is 1.24 bits per heavy atom. The van der Waals surface area contributed by atoms with Crippen molar-refractivity contribution in [3.8, 4) is 0 Å². The average molecular weight is 345 g/mol. The maximum atomic E-state index is 12.5. The lowest BCUT2D eigenvalue weighted by Crippen LogP contribution is -2.57. The van der Waals surface area contributed by atoms with Crippen LogP contribution in [-0.4, -0.2) is 21.5 Å². The molecule has 1 heterocycles. The van der Waals surface area contributed by atoms with Gasteiger partial charge in [0.2, 0.25) is 5.91 Å². The molecule has 0 aromatic carbocycles. The van der Waals surface area contributed by atoms with Gasteiger partial charge in [0.1, 0.15) is 6.54 Å². The Morgan fingerprint density at radius 2 is 1.84 bits per heavy atom. The molecule has 1 amide bonds. The van der Waals surface area contributed by atoms with Crippen molar-refractivity contribution in [1.29, 1.82) is 0 Å². The highest BCUT2D eigenvalue weighted by molar-refractivity contribution is 5.76. The summed E-state index contributed by atoms with van der Waals surface area (Å²) in [4.78, 5) is 37.7. The standard InChI is InChI=1S/C19H27N3O3/c1-2-15(19-8-12-5-13(9-19)7-14(6-12)10-19)20-17(24)11-22-4-3-16(23)21-18(22)25/h3-4,12-15H,2,5-11H2,1H3,(H,20,24)(H,21,23,25). The van der Waals surface area contributed by atoms with Crippen LogP contribution in [0.3, 0.4) is 0 Å². The molecule has 4 aliphatic rings. The SMILES string of the molecule is CCC(NC(=O)Cn1ccc(=O)[nH]c1=O)C12CC3CC(CC(C3)C1)C2. The molecule has 0 radical (unpaired) electrons. The van der Waals surface area contributed by atoms with Crippen molar-refractivity contribution < 1.29 is 4.79 Å². The minimum absolute atomic E-state index is 0.0432. The highest BCUT2D eigenvalue weighted by Crippen LogP contribution is 2.61. The van der Waals surface area contributed by atoms with Crippen molar-refractivity contribution in [2.45, 2.75) is 64.5 Å². The van der Waals surface area contributed by atoms with E-state index in [2.05, 4.69) is 17.2 Å². The molecule has 4 fully saturated rings. The molecule has 1 atom stereocenters. The minimum atomic E-state index is -0.537. The number of carbonyl (C=O) groups is 1. The normalized spacial score (nSPS) is 34.0. The van der Waals surface area contributed by atoms with Crippen LogP contribution in [-0.2, 0) is 11.3 Å². The summed E-state index contributed by atoms with van der Waals surface area (Å²) in [5, 5.41) is 3.22. The molecule has 5 rings (SSSR count). The Morgan fingerprint density at radius 3 is 2.36 bits per heavy atom. The predicted molar refractivity (Wildman–Crippen MR) is 94.1 cm³/mol. The van der Waals surface area contributed by atoms with Crippen LogP contribution < -0.4 is 16.6 Å². The van der Waals surface area contributed by atoms with E-state index in [9.17, 15) is 14.4 Å². The first kappa shape index (κ1) is 16.6. The molecular weight excluding hydrogens is 318 g/mol. The molecule has 0 spiro atoms. The summed E-state index contributed by atoms with van der Waals surface area (Å²) in [6.45, 7) is 2.11. The van der Waals surface area contributed by atoms with Gasteiger partial charge in [0.05, 0.1) is 0 Å². The summed E-state index contributed by atoms with van der Waals surface area (Å²) in [6, 6.07) is 1.46. The smallest absolute Gasteiger partial charge is 0.328 e. The third-order valence-electron chi connectivity index (χ3n) is 6.78. The zero-order valence-electron chi connectivity index (χ0n) is 14.8. The number of aromatic amines is 1. The van der Waals surface area contributed by atoms with Crippen LogP contribution in [0.5, 0.6) is 0 Å². The number of aromatic nitrogens is 2. The van der Waals surface area contributed by atoms with Crippen LogP contribution in [0.2, 0.25) is 0 Å². The van der Waals surface area contributed by atoms with Gasteiger partial charge in [-0.2, -0.15) is 0 Å². The van der Waals surface area contributed by atoms with Gasteiger partial charge in [0, 0.05) is 18.3 Å². The number of hydrogen-bond donors (Lipinski definition) is 2. The van der Waals surface area contributed by atoms with Gasteiger partial charge >= 0.3 is 5.69 Å². The maximum absolute atomic E-state index is 12.5.